The summed E-state index contributed by atoms with van der Waals surface area (Å²) in [7, 11) is 0. The minimum Gasteiger partial charge on any atom is -0.341 e. The fourth-order valence-corrected chi connectivity index (χ4v) is 4.37. The second-order valence-corrected chi connectivity index (χ2v) is 8.50. The Bertz CT molecular complexity index is 1080. The summed E-state index contributed by atoms with van der Waals surface area (Å²) in [4.78, 5) is 30.0. The lowest BCUT2D eigenvalue weighted by molar-refractivity contribution is -0.134. The first-order chi connectivity index (χ1) is 16.0. The molecule has 1 aromatic heterocycles. The number of aromatic nitrogens is 4. The summed E-state index contributed by atoms with van der Waals surface area (Å²) < 4.78 is 1.55. The molecule has 1 unspecified atom stereocenters. The molecule has 0 aliphatic carbocycles. The largest absolute Gasteiger partial charge is 0.341 e. The molecule has 0 bridgehead atoms. The highest BCUT2D eigenvalue weighted by Crippen LogP contribution is 2.27. The van der Waals surface area contributed by atoms with E-state index in [4.69, 9.17) is 0 Å². The predicted molar refractivity (Wildman–Crippen MR) is 125 cm³/mol. The number of hydrogen-bond acceptors (Lipinski definition) is 5. The summed E-state index contributed by atoms with van der Waals surface area (Å²) in [6.45, 7) is 6.66. The average Bonchev–Trinajstić information content (AvgIpc) is 3.30. The Kier molecular flexibility index (Phi) is 7.12. The van der Waals surface area contributed by atoms with Gasteiger partial charge in [-0.05, 0) is 47.4 Å². The number of hydrogen-bond donors (Lipinski definition) is 0. The highest BCUT2D eigenvalue weighted by molar-refractivity contribution is 5.83. The number of carbonyl (C=O) groups excluding carboxylic acids is 2. The van der Waals surface area contributed by atoms with Crippen LogP contribution in [0.15, 0.2) is 54.9 Å². The van der Waals surface area contributed by atoms with Crippen LogP contribution in [0.1, 0.15) is 24.5 Å². The number of amides is 2. The third-order valence-corrected chi connectivity index (χ3v) is 6.27. The minimum absolute atomic E-state index is 0.0214. The Morgan fingerprint density at radius 3 is 2.61 bits per heavy atom. The molecule has 2 amide bonds. The molecule has 0 saturated carbocycles. The number of benzene rings is 2. The molecule has 1 fully saturated rings. The summed E-state index contributed by atoms with van der Waals surface area (Å²) in [6.07, 6.45) is 2.40. The zero-order chi connectivity index (χ0) is 23.2. The number of aryl methyl sites for hydroxylation is 2. The van der Waals surface area contributed by atoms with E-state index in [1.54, 1.807) is 4.68 Å². The molecule has 172 valence electrons. The van der Waals surface area contributed by atoms with Crippen molar-refractivity contribution in [3.63, 3.8) is 0 Å². The smallest absolute Gasteiger partial charge is 0.227 e. The summed E-state index contributed by atoms with van der Waals surface area (Å²) in [6, 6.07) is 16.7. The van der Waals surface area contributed by atoms with E-state index < -0.39 is 0 Å². The quantitative estimate of drug-likeness (QED) is 0.557. The minimum atomic E-state index is -0.281. The number of nitrogens with zero attached hydrogens (tertiary/aromatic N) is 6. The van der Waals surface area contributed by atoms with Gasteiger partial charge in [-0.2, -0.15) is 0 Å². The van der Waals surface area contributed by atoms with Crippen LogP contribution in [-0.2, 0) is 22.6 Å². The first-order valence-electron chi connectivity index (χ1n) is 11.5. The summed E-state index contributed by atoms with van der Waals surface area (Å²) in [5, 5.41) is 11.0. The molecule has 1 atom stereocenters. The summed E-state index contributed by atoms with van der Waals surface area (Å²) in [5.74, 6) is -0.143. The maximum absolute atomic E-state index is 13.3. The van der Waals surface area contributed by atoms with Crippen molar-refractivity contribution in [2.45, 2.75) is 33.2 Å². The van der Waals surface area contributed by atoms with Gasteiger partial charge >= 0.3 is 0 Å². The van der Waals surface area contributed by atoms with Gasteiger partial charge in [0.05, 0.1) is 12.5 Å². The average molecular weight is 447 g/mol. The van der Waals surface area contributed by atoms with Gasteiger partial charge in [-0.3, -0.25) is 9.59 Å². The van der Waals surface area contributed by atoms with Crippen LogP contribution in [-0.4, -0.2) is 68.0 Å². The molecule has 4 rings (SSSR count). The molecule has 8 nitrogen and oxygen atoms in total. The Morgan fingerprint density at radius 2 is 1.88 bits per heavy atom. The van der Waals surface area contributed by atoms with Crippen molar-refractivity contribution in [2.24, 2.45) is 5.92 Å². The van der Waals surface area contributed by atoms with Gasteiger partial charge in [0.15, 0.2) is 0 Å². The molecular formula is C25H30N6O2. The molecule has 2 heterocycles. The number of likely N-dealkylation sites (N-methyl/N-ethyl adjacent to an activating group) is 1. The van der Waals surface area contributed by atoms with Crippen LogP contribution >= 0.6 is 0 Å². The number of rotatable bonds is 7. The standard InChI is InChI=1S/C25H30N6O2/c1-3-29-14-15-30(24(32)12-13-31-18-26-27-28-31)17-22(25(29)33)16-21-6-4-5-7-23(21)20-10-8-19(2)9-11-20/h4-11,18,22H,3,12-17H2,1-2H3. The molecule has 0 radical (unpaired) electrons. The van der Waals surface area contributed by atoms with Crippen molar-refractivity contribution in [3.8, 4) is 11.1 Å². The molecule has 8 heteroatoms. The van der Waals surface area contributed by atoms with E-state index >= 15 is 0 Å². The first-order valence-corrected chi connectivity index (χ1v) is 11.5. The normalized spacial score (nSPS) is 16.7. The van der Waals surface area contributed by atoms with Gasteiger partial charge in [0.25, 0.3) is 0 Å². The molecule has 0 spiro atoms. The summed E-state index contributed by atoms with van der Waals surface area (Å²) >= 11 is 0. The third kappa shape index (κ3) is 5.45. The van der Waals surface area contributed by atoms with Crippen LogP contribution in [0.3, 0.4) is 0 Å². The lowest BCUT2D eigenvalue weighted by Crippen LogP contribution is -2.38. The fraction of sp³-hybridized carbons (Fsp3) is 0.400. The molecule has 1 aliphatic heterocycles. The topological polar surface area (TPSA) is 84.2 Å². The van der Waals surface area contributed by atoms with Gasteiger partial charge < -0.3 is 9.80 Å². The first kappa shape index (κ1) is 22.6. The van der Waals surface area contributed by atoms with Gasteiger partial charge in [-0.15, -0.1) is 5.10 Å². The second kappa shape index (κ2) is 10.4. The second-order valence-electron chi connectivity index (χ2n) is 8.50. The van der Waals surface area contributed by atoms with E-state index in [-0.39, 0.29) is 17.7 Å². The van der Waals surface area contributed by atoms with Gasteiger partial charge in [-0.25, -0.2) is 4.68 Å². The van der Waals surface area contributed by atoms with Crippen molar-refractivity contribution in [1.82, 2.24) is 30.0 Å². The van der Waals surface area contributed by atoms with Crippen LogP contribution in [0.4, 0.5) is 0 Å². The highest BCUT2D eigenvalue weighted by Gasteiger charge is 2.32. The van der Waals surface area contributed by atoms with Crippen LogP contribution < -0.4 is 0 Å². The predicted octanol–water partition coefficient (Wildman–Crippen LogP) is 2.59. The van der Waals surface area contributed by atoms with E-state index in [0.717, 1.165) is 16.7 Å². The van der Waals surface area contributed by atoms with E-state index in [2.05, 4.69) is 58.8 Å². The molecule has 33 heavy (non-hydrogen) atoms. The van der Waals surface area contributed by atoms with Gasteiger partial charge in [-0.1, -0.05) is 54.1 Å². The van der Waals surface area contributed by atoms with E-state index in [1.165, 1.54) is 11.9 Å². The van der Waals surface area contributed by atoms with Gasteiger partial charge in [0.2, 0.25) is 11.8 Å². The van der Waals surface area contributed by atoms with Gasteiger partial charge in [0, 0.05) is 32.6 Å². The van der Waals surface area contributed by atoms with Crippen LogP contribution in [0, 0.1) is 12.8 Å². The highest BCUT2D eigenvalue weighted by atomic mass is 16.2. The van der Waals surface area contributed by atoms with Crippen molar-refractivity contribution >= 4 is 11.8 Å². The van der Waals surface area contributed by atoms with Crippen LogP contribution in [0.25, 0.3) is 11.1 Å². The van der Waals surface area contributed by atoms with Gasteiger partial charge in [0.1, 0.15) is 6.33 Å². The van der Waals surface area contributed by atoms with Crippen LogP contribution in [0.2, 0.25) is 0 Å². The Morgan fingerprint density at radius 1 is 1.09 bits per heavy atom. The molecule has 2 aromatic carbocycles. The van der Waals surface area contributed by atoms with Crippen molar-refractivity contribution in [2.75, 3.05) is 26.2 Å². The van der Waals surface area contributed by atoms with Crippen molar-refractivity contribution in [3.05, 3.63) is 66.0 Å². The van der Waals surface area contributed by atoms with E-state index in [1.807, 2.05) is 28.9 Å². The fourth-order valence-electron chi connectivity index (χ4n) is 4.37. The number of carbonyl (C=O) groups is 2. The lowest BCUT2D eigenvalue weighted by atomic mass is 9.91. The summed E-state index contributed by atoms with van der Waals surface area (Å²) in [5.41, 5.74) is 4.61. The van der Waals surface area contributed by atoms with E-state index in [9.17, 15) is 9.59 Å². The Balaban J connectivity index is 1.54. The van der Waals surface area contributed by atoms with E-state index in [0.29, 0.717) is 45.6 Å². The Hall–Kier alpha value is -3.55. The maximum atomic E-state index is 13.3. The SMILES string of the molecule is CCN1CCN(C(=O)CCn2cnnn2)CC(Cc2ccccc2-c2ccc(C)cc2)C1=O. The molecule has 1 aliphatic rings. The monoisotopic (exact) mass is 446 g/mol. The van der Waals surface area contributed by atoms with Crippen molar-refractivity contribution < 1.29 is 9.59 Å². The number of tetrazole rings is 1. The van der Waals surface area contributed by atoms with Crippen molar-refractivity contribution in [1.29, 1.82) is 0 Å². The molecule has 1 saturated heterocycles. The third-order valence-electron chi connectivity index (χ3n) is 6.27. The maximum Gasteiger partial charge on any atom is 0.227 e. The zero-order valence-electron chi connectivity index (χ0n) is 19.2. The molecular weight excluding hydrogens is 416 g/mol. The Labute approximate surface area is 194 Å². The molecule has 0 N–H and O–H groups in total. The lowest BCUT2D eigenvalue weighted by Gasteiger charge is -2.24. The van der Waals surface area contributed by atoms with Crippen LogP contribution in [0.5, 0.6) is 0 Å². The zero-order valence-corrected chi connectivity index (χ0v) is 19.2. The molecule has 3 aromatic rings.